The summed E-state index contributed by atoms with van der Waals surface area (Å²) in [6, 6.07) is 8.95. The monoisotopic (exact) mass is 259 g/mol. The Morgan fingerprint density at radius 3 is 2.84 bits per heavy atom. The molecule has 0 bridgehead atoms. The smallest absolute Gasteiger partial charge is 0.302 e. The van der Waals surface area contributed by atoms with E-state index in [0.29, 0.717) is 23.2 Å². The minimum Gasteiger partial charge on any atom is -0.488 e. The first-order valence-electron chi connectivity index (χ1n) is 5.82. The molecular formula is C14H13NO4. The first-order valence-corrected chi connectivity index (χ1v) is 5.82. The van der Waals surface area contributed by atoms with Gasteiger partial charge in [0.05, 0.1) is 0 Å². The van der Waals surface area contributed by atoms with Crippen molar-refractivity contribution in [3.63, 3.8) is 0 Å². The lowest BCUT2D eigenvalue weighted by molar-refractivity contribution is -0.141. The van der Waals surface area contributed by atoms with Crippen molar-refractivity contribution in [3.05, 3.63) is 36.0 Å². The number of carbonyl (C=O) groups excluding carboxylic acids is 2. The second-order valence-corrected chi connectivity index (χ2v) is 3.87. The van der Waals surface area contributed by atoms with Gasteiger partial charge in [-0.25, -0.2) is 4.98 Å². The lowest BCUT2D eigenvalue weighted by atomic mass is 10.2. The molecule has 0 aliphatic rings. The van der Waals surface area contributed by atoms with Crippen LogP contribution in [0.25, 0.3) is 10.9 Å². The highest BCUT2D eigenvalue weighted by Gasteiger charge is 2.05. The molecule has 1 aromatic heterocycles. The fourth-order valence-electron chi connectivity index (χ4n) is 1.65. The molecular weight excluding hydrogens is 246 g/mol. The minimum atomic E-state index is -0.345. The van der Waals surface area contributed by atoms with Gasteiger partial charge >= 0.3 is 5.97 Å². The van der Waals surface area contributed by atoms with Crippen molar-refractivity contribution >= 4 is 23.2 Å². The van der Waals surface area contributed by atoms with Crippen LogP contribution in [0.15, 0.2) is 30.3 Å². The molecule has 5 heteroatoms. The molecule has 0 aliphatic carbocycles. The Labute approximate surface area is 110 Å². The Morgan fingerprint density at radius 1 is 1.26 bits per heavy atom. The minimum absolute atomic E-state index is 0.180. The van der Waals surface area contributed by atoms with E-state index in [-0.39, 0.29) is 19.2 Å². The number of ether oxygens (including phenoxy) is 2. The van der Waals surface area contributed by atoms with E-state index in [9.17, 15) is 9.59 Å². The summed E-state index contributed by atoms with van der Waals surface area (Å²) < 4.78 is 10.3. The van der Waals surface area contributed by atoms with Gasteiger partial charge in [0.2, 0.25) is 0 Å². The lowest BCUT2D eigenvalue weighted by Crippen LogP contribution is -2.09. The van der Waals surface area contributed by atoms with Crippen LogP contribution in [0, 0.1) is 0 Å². The summed E-state index contributed by atoms with van der Waals surface area (Å²) in [4.78, 5) is 25.6. The number of carbonyl (C=O) groups is 2. The normalized spacial score (nSPS) is 10.2. The van der Waals surface area contributed by atoms with Crippen LogP contribution in [-0.4, -0.2) is 30.5 Å². The van der Waals surface area contributed by atoms with Gasteiger partial charge in [-0.3, -0.25) is 9.59 Å². The average Bonchev–Trinajstić information content (AvgIpc) is 2.43. The van der Waals surface area contributed by atoms with Gasteiger partial charge in [-0.05, 0) is 12.1 Å². The summed E-state index contributed by atoms with van der Waals surface area (Å²) in [5, 5.41) is 0.885. The van der Waals surface area contributed by atoms with Gasteiger partial charge in [0.15, 0.2) is 6.29 Å². The first kappa shape index (κ1) is 13.0. The molecule has 0 atom stereocenters. The zero-order valence-corrected chi connectivity index (χ0v) is 10.5. The summed E-state index contributed by atoms with van der Waals surface area (Å²) in [5.41, 5.74) is 0.971. The Balaban J connectivity index is 2.17. The zero-order chi connectivity index (χ0) is 13.7. The van der Waals surface area contributed by atoms with Crippen LogP contribution in [0.1, 0.15) is 17.4 Å². The number of esters is 1. The standard InChI is InChI=1S/C14H13NO4/c1-10(17)18-7-8-19-13-4-2-3-11-5-6-12(9-16)15-14(11)13/h2-6,9H,7-8H2,1H3. The van der Waals surface area contributed by atoms with E-state index in [1.54, 1.807) is 12.1 Å². The number of para-hydroxylation sites is 1. The van der Waals surface area contributed by atoms with E-state index in [1.165, 1.54) is 6.92 Å². The predicted octanol–water partition coefficient (Wildman–Crippen LogP) is 1.99. The molecule has 0 N–H and O–H groups in total. The maximum atomic E-state index is 10.7. The molecule has 0 spiro atoms. The van der Waals surface area contributed by atoms with Gasteiger partial charge < -0.3 is 9.47 Å². The summed E-state index contributed by atoms with van der Waals surface area (Å²) in [5.74, 6) is 0.219. The van der Waals surface area contributed by atoms with Crippen LogP contribution < -0.4 is 4.74 Å². The second kappa shape index (κ2) is 5.95. The molecule has 0 unspecified atom stereocenters. The number of hydrogen-bond acceptors (Lipinski definition) is 5. The summed E-state index contributed by atoms with van der Waals surface area (Å²) >= 11 is 0. The highest BCUT2D eigenvalue weighted by Crippen LogP contribution is 2.23. The summed E-state index contributed by atoms with van der Waals surface area (Å²) in [7, 11) is 0. The molecule has 19 heavy (non-hydrogen) atoms. The van der Waals surface area contributed by atoms with Crippen molar-refractivity contribution < 1.29 is 19.1 Å². The number of rotatable bonds is 5. The maximum Gasteiger partial charge on any atom is 0.302 e. The van der Waals surface area contributed by atoms with Crippen molar-refractivity contribution in [1.29, 1.82) is 0 Å². The van der Waals surface area contributed by atoms with Crippen molar-refractivity contribution in [2.45, 2.75) is 6.92 Å². The number of hydrogen-bond donors (Lipinski definition) is 0. The number of aldehydes is 1. The van der Waals surface area contributed by atoms with Crippen LogP contribution in [0.4, 0.5) is 0 Å². The number of benzene rings is 1. The first-order chi connectivity index (χ1) is 9.20. The number of fused-ring (bicyclic) bond motifs is 1. The third-order valence-electron chi connectivity index (χ3n) is 2.47. The number of aromatic nitrogens is 1. The maximum absolute atomic E-state index is 10.7. The van der Waals surface area contributed by atoms with Crippen LogP contribution in [0.3, 0.4) is 0 Å². The molecule has 1 aromatic carbocycles. The van der Waals surface area contributed by atoms with Crippen LogP contribution >= 0.6 is 0 Å². The Morgan fingerprint density at radius 2 is 2.11 bits per heavy atom. The topological polar surface area (TPSA) is 65.5 Å². The Hall–Kier alpha value is -2.43. The lowest BCUT2D eigenvalue weighted by Gasteiger charge is -2.08. The van der Waals surface area contributed by atoms with Gasteiger partial charge in [-0.15, -0.1) is 0 Å². The van der Waals surface area contributed by atoms with Crippen LogP contribution in [-0.2, 0) is 9.53 Å². The van der Waals surface area contributed by atoms with Crippen molar-refractivity contribution in [1.82, 2.24) is 4.98 Å². The zero-order valence-electron chi connectivity index (χ0n) is 10.5. The van der Waals surface area contributed by atoms with E-state index in [0.717, 1.165) is 5.39 Å². The molecule has 2 rings (SSSR count). The van der Waals surface area contributed by atoms with E-state index >= 15 is 0 Å². The van der Waals surface area contributed by atoms with Crippen LogP contribution in [0.2, 0.25) is 0 Å². The average molecular weight is 259 g/mol. The largest absolute Gasteiger partial charge is 0.488 e. The predicted molar refractivity (Wildman–Crippen MR) is 69.3 cm³/mol. The van der Waals surface area contributed by atoms with Crippen molar-refractivity contribution in [2.75, 3.05) is 13.2 Å². The molecule has 0 aliphatic heterocycles. The van der Waals surface area contributed by atoms with E-state index in [2.05, 4.69) is 4.98 Å². The van der Waals surface area contributed by atoms with E-state index < -0.39 is 0 Å². The molecule has 98 valence electrons. The molecule has 1 heterocycles. The highest BCUT2D eigenvalue weighted by molar-refractivity contribution is 5.87. The molecule has 2 aromatic rings. The summed E-state index contributed by atoms with van der Waals surface area (Å²) in [6.45, 7) is 1.76. The molecule has 0 radical (unpaired) electrons. The Kier molecular flexibility index (Phi) is 4.07. The van der Waals surface area contributed by atoms with Crippen LogP contribution in [0.5, 0.6) is 5.75 Å². The SMILES string of the molecule is CC(=O)OCCOc1cccc2ccc(C=O)nc12. The van der Waals surface area contributed by atoms with Gasteiger partial charge in [-0.1, -0.05) is 18.2 Å². The number of pyridine rings is 1. The van der Waals surface area contributed by atoms with Crippen molar-refractivity contribution in [3.8, 4) is 5.75 Å². The van der Waals surface area contributed by atoms with Gasteiger partial charge in [0, 0.05) is 12.3 Å². The fourth-order valence-corrected chi connectivity index (χ4v) is 1.65. The highest BCUT2D eigenvalue weighted by atomic mass is 16.6. The molecule has 5 nitrogen and oxygen atoms in total. The molecule has 0 fully saturated rings. The molecule has 0 amide bonds. The fraction of sp³-hybridized carbons (Fsp3) is 0.214. The van der Waals surface area contributed by atoms with E-state index in [1.807, 2.05) is 18.2 Å². The Bertz CT molecular complexity index is 609. The third-order valence-corrected chi connectivity index (χ3v) is 2.47. The van der Waals surface area contributed by atoms with Gasteiger partial charge in [0.25, 0.3) is 0 Å². The quantitative estimate of drug-likeness (QED) is 0.466. The third kappa shape index (κ3) is 3.28. The van der Waals surface area contributed by atoms with Gasteiger partial charge in [-0.2, -0.15) is 0 Å². The summed E-state index contributed by atoms with van der Waals surface area (Å²) in [6.07, 6.45) is 0.690. The molecule has 0 saturated heterocycles. The second-order valence-electron chi connectivity index (χ2n) is 3.87. The van der Waals surface area contributed by atoms with E-state index in [4.69, 9.17) is 9.47 Å². The van der Waals surface area contributed by atoms with Crippen molar-refractivity contribution in [2.24, 2.45) is 0 Å². The van der Waals surface area contributed by atoms with Gasteiger partial charge in [0.1, 0.15) is 30.2 Å². The molecule has 0 saturated carbocycles. The number of nitrogens with zero attached hydrogens (tertiary/aromatic N) is 1.